The quantitative estimate of drug-likeness (QED) is 0.876. The van der Waals surface area contributed by atoms with Crippen molar-refractivity contribution in [3.05, 3.63) is 29.8 Å². The predicted octanol–water partition coefficient (Wildman–Crippen LogP) is 1.77. The molecule has 1 amide bonds. The van der Waals surface area contributed by atoms with E-state index in [1.54, 1.807) is 12.1 Å². The molecule has 1 aliphatic heterocycles. The van der Waals surface area contributed by atoms with Crippen LogP contribution in [0.3, 0.4) is 0 Å². The number of rotatable bonds is 4. The molecule has 0 atom stereocenters. The van der Waals surface area contributed by atoms with Gasteiger partial charge in [-0.3, -0.25) is 4.79 Å². The number of piperidine rings is 1. The standard InChI is InChI=1S/C13H16F2N2O2/c14-13(15)19-11-4-2-1-3-10(11)12(18)17-9-5-7-16-8-6-9/h1-4,9,13,16H,5-8H2,(H,17,18). The Balaban J connectivity index is 2.05. The van der Waals surface area contributed by atoms with Gasteiger partial charge in [-0.15, -0.1) is 0 Å². The maximum Gasteiger partial charge on any atom is 0.387 e. The highest BCUT2D eigenvalue weighted by Crippen LogP contribution is 2.20. The molecule has 2 rings (SSSR count). The number of ether oxygens (including phenoxy) is 1. The molecule has 19 heavy (non-hydrogen) atoms. The number of benzene rings is 1. The van der Waals surface area contributed by atoms with Gasteiger partial charge in [0.1, 0.15) is 5.75 Å². The van der Waals surface area contributed by atoms with Crippen molar-refractivity contribution >= 4 is 5.91 Å². The topological polar surface area (TPSA) is 50.4 Å². The second-order valence-corrected chi connectivity index (χ2v) is 4.37. The minimum atomic E-state index is -2.94. The van der Waals surface area contributed by atoms with Crippen molar-refractivity contribution in [2.75, 3.05) is 13.1 Å². The van der Waals surface area contributed by atoms with Crippen LogP contribution in [0.2, 0.25) is 0 Å². The number of nitrogens with one attached hydrogen (secondary N) is 2. The summed E-state index contributed by atoms with van der Waals surface area (Å²) in [5.41, 5.74) is 0.140. The number of carbonyl (C=O) groups is 1. The van der Waals surface area contributed by atoms with E-state index in [1.807, 2.05) is 0 Å². The minimum Gasteiger partial charge on any atom is -0.434 e. The molecule has 2 N–H and O–H groups in total. The molecule has 1 aromatic carbocycles. The van der Waals surface area contributed by atoms with Crippen LogP contribution in [0.4, 0.5) is 8.78 Å². The van der Waals surface area contributed by atoms with Crippen molar-refractivity contribution in [1.29, 1.82) is 0 Å². The van der Waals surface area contributed by atoms with Gasteiger partial charge in [0, 0.05) is 6.04 Å². The Kier molecular flexibility index (Phi) is 4.68. The van der Waals surface area contributed by atoms with Crippen LogP contribution in [-0.4, -0.2) is 31.7 Å². The summed E-state index contributed by atoms with van der Waals surface area (Å²) in [6, 6.07) is 6.10. The molecule has 0 spiro atoms. The molecule has 0 aromatic heterocycles. The van der Waals surface area contributed by atoms with E-state index in [4.69, 9.17) is 0 Å². The van der Waals surface area contributed by atoms with Crippen LogP contribution < -0.4 is 15.4 Å². The van der Waals surface area contributed by atoms with Gasteiger partial charge in [0.2, 0.25) is 0 Å². The molecule has 0 saturated carbocycles. The van der Waals surface area contributed by atoms with Gasteiger partial charge in [-0.1, -0.05) is 12.1 Å². The van der Waals surface area contributed by atoms with Gasteiger partial charge in [-0.2, -0.15) is 8.78 Å². The molecule has 1 saturated heterocycles. The highest BCUT2D eigenvalue weighted by molar-refractivity contribution is 5.97. The Morgan fingerprint density at radius 1 is 1.32 bits per heavy atom. The summed E-state index contributed by atoms with van der Waals surface area (Å²) in [6.07, 6.45) is 1.67. The van der Waals surface area contributed by atoms with Crippen LogP contribution in [0.5, 0.6) is 5.75 Å². The third kappa shape index (κ3) is 3.89. The summed E-state index contributed by atoms with van der Waals surface area (Å²) in [7, 11) is 0. The van der Waals surface area contributed by atoms with Gasteiger partial charge in [0.05, 0.1) is 5.56 Å². The molecular formula is C13H16F2N2O2. The van der Waals surface area contributed by atoms with Crippen molar-refractivity contribution in [3.8, 4) is 5.75 Å². The fourth-order valence-electron chi connectivity index (χ4n) is 2.08. The van der Waals surface area contributed by atoms with Crippen molar-refractivity contribution < 1.29 is 18.3 Å². The Bertz CT molecular complexity index is 434. The highest BCUT2D eigenvalue weighted by Gasteiger charge is 2.19. The molecule has 6 heteroatoms. The average molecular weight is 270 g/mol. The molecular weight excluding hydrogens is 254 g/mol. The summed E-state index contributed by atoms with van der Waals surface area (Å²) in [5, 5.41) is 6.04. The first-order chi connectivity index (χ1) is 9.16. The number of amides is 1. The number of carbonyl (C=O) groups excluding carboxylic acids is 1. The summed E-state index contributed by atoms with van der Waals surface area (Å²) >= 11 is 0. The third-order valence-electron chi connectivity index (χ3n) is 3.02. The molecule has 0 radical (unpaired) electrons. The van der Waals surface area contributed by atoms with Crippen LogP contribution in [-0.2, 0) is 0 Å². The van der Waals surface area contributed by atoms with Crippen molar-refractivity contribution in [2.24, 2.45) is 0 Å². The van der Waals surface area contributed by atoms with E-state index in [9.17, 15) is 13.6 Å². The lowest BCUT2D eigenvalue weighted by molar-refractivity contribution is -0.0501. The fraction of sp³-hybridized carbons (Fsp3) is 0.462. The number of hydrogen-bond donors (Lipinski definition) is 2. The van der Waals surface area contributed by atoms with Gasteiger partial charge in [-0.25, -0.2) is 0 Å². The SMILES string of the molecule is O=C(NC1CCNCC1)c1ccccc1OC(F)F. The van der Waals surface area contributed by atoms with Crippen molar-refractivity contribution in [1.82, 2.24) is 10.6 Å². The lowest BCUT2D eigenvalue weighted by Crippen LogP contribution is -2.42. The van der Waals surface area contributed by atoms with Crippen molar-refractivity contribution in [2.45, 2.75) is 25.5 Å². The molecule has 4 nitrogen and oxygen atoms in total. The van der Waals surface area contributed by atoms with Gasteiger partial charge in [-0.05, 0) is 38.1 Å². The van der Waals surface area contributed by atoms with E-state index in [1.165, 1.54) is 12.1 Å². The van der Waals surface area contributed by atoms with E-state index < -0.39 is 6.61 Å². The second-order valence-electron chi connectivity index (χ2n) is 4.37. The van der Waals surface area contributed by atoms with E-state index >= 15 is 0 Å². The Labute approximate surface area is 110 Å². The highest BCUT2D eigenvalue weighted by atomic mass is 19.3. The molecule has 1 fully saturated rings. The Morgan fingerprint density at radius 3 is 2.68 bits per heavy atom. The lowest BCUT2D eigenvalue weighted by atomic mass is 10.1. The van der Waals surface area contributed by atoms with E-state index in [0.717, 1.165) is 25.9 Å². The molecule has 0 aliphatic carbocycles. The van der Waals surface area contributed by atoms with Gasteiger partial charge >= 0.3 is 6.61 Å². The van der Waals surface area contributed by atoms with E-state index in [0.29, 0.717) is 0 Å². The predicted molar refractivity (Wildman–Crippen MR) is 66.4 cm³/mol. The number of alkyl halides is 2. The molecule has 0 unspecified atom stereocenters. The van der Waals surface area contributed by atoms with Gasteiger partial charge in [0.25, 0.3) is 5.91 Å². The summed E-state index contributed by atoms with van der Waals surface area (Å²) in [5.74, 6) is -0.466. The van der Waals surface area contributed by atoms with E-state index in [2.05, 4.69) is 15.4 Å². The zero-order valence-corrected chi connectivity index (χ0v) is 10.4. The third-order valence-corrected chi connectivity index (χ3v) is 3.02. The summed E-state index contributed by atoms with van der Waals surface area (Å²) < 4.78 is 28.9. The molecule has 0 bridgehead atoms. The smallest absolute Gasteiger partial charge is 0.387 e. The molecule has 1 aliphatic rings. The number of halogens is 2. The number of para-hydroxylation sites is 1. The maximum atomic E-state index is 12.3. The van der Waals surface area contributed by atoms with Crippen LogP contribution in [0, 0.1) is 0 Å². The minimum absolute atomic E-state index is 0.0772. The Hall–Kier alpha value is -1.69. The first-order valence-electron chi connectivity index (χ1n) is 6.22. The largest absolute Gasteiger partial charge is 0.434 e. The zero-order valence-electron chi connectivity index (χ0n) is 10.4. The molecule has 1 heterocycles. The lowest BCUT2D eigenvalue weighted by Gasteiger charge is -2.24. The fourth-order valence-corrected chi connectivity index (χ4v) is 2.08. The first-order valence-corrected chi connectivity index (χ1v) is 6.22. The maximum absolute atomic E-state index is 12.3. The monoisotopic (exact) mass is 270 g/mol. The second kappa shape index (κ2) is 6.47. The zero-order chi connectivity index (χ0) is 13.7. The summed E-state index contributed by atoms with van der Waals surface area (Å²) in [4.78, 5) is 12.1. The van der Waals surface area contributed by atoms with Crippen LogP contribution in [0.1, 0.15) is 23.2 Å². The normalized spacial score (nSPS) is 16.4. The molecule has 104 valence electrons. The van der Waals surface area contributed by atoms with Crippen molar-refractivity contribution in [3.63, 3.8) is 0 Å². The van der Waals surface area contributed by atoms with Crippen LogP contribution in [0.15, 0.2) is 24.3 Å². The first kappa shape index (κ1) is 13.7. The van der Waals surface area contributed by atoms with Crippen LogP contribution >= 0.6 is 0 Å². The van der Waals surface area contributed by atoms with Gasteiger partial charge < -0.3 is 15.4 Å². The average Bonchev–Trinajstić information content (AvgIpc) is 2.39. The summed E-state index contributed by atoms with van der Waals surface area (Å²) in [6.45, 7) is -1.24. The molecule has 1 aromatic rings. The number of hydrogen-bond acceptors (Lipinski definition) is 3. The Morgan fingerprint density at radius 2 is 2.00 bits per heavy atom. The van der Waals surface area contributed by atoms with Crippen LogP contribution in [0.25, 0.3) is 0 Å². The van der Waals surface area contributed by atoms with Gasteiger partial charge in [0.15, 0.2) is 0 Å². The van der Waals surface area contributed by atoms with E-state index in [-0.39, 0.29) is 23.3 Å².